The second-order valence-electron chi connectivity index (χ2n) is 2.44. The summed E-state index contributed by atoms with van der Waals surface area (Å²) in [5.74, 6) is 2.41. The fraction of sp³-hybridized carbons (Fsp3) is 0.714. The molecule has 1 saturated heterocycles. The number of ether oxygens (including phenoxy) is 2. The molecular weight excluding hydrogens is 116 g/mol. The number of terminal acetylenes is 1. The number of hydrogen-bond donors (Lipinski definition) is 0. The molecule has 0 aromatic rings. The van der Waals surface area contributed by atoms with Gasteiger partial charge in [-0.15, -0.1) is 6.42 Å². The van der Waals surface area contributed by atoms with E-state index in [0.29, 0.717) is 19.8 Å². The summed E-state index contributed by atoms with van der Waals surface area (Å²) < 4.78 is 10.2. The van der Waals surface area contributed by atoms with E-state index in [1.165, 1.54) is 0 Å². The first-order chi connectivity index (χ1) is 4.27. The first-order valence-electron chi connectivity index (χ1n) is 2.92. The fourth-order valence-corrected chi connectivity index (χ4v) is 0.689. The highest BCUT2D eigenvalue weighted by Crippen LogP contribution is 2.19. The van der Waals surface area contributed by atoms with E-state index >= 15 is 0 Å². The van der Waals surface area contributed by atoms with Gasteiger partial charge in [-0.2, -0.15) is 0 Å². The van der Waals surface area contributed by atoms with E-state index in [0.717, 1.165) is 0 Å². The Kier molecular flexibility index (Phi) is 1.75. The maximum atomic E-state index is 5.25. The molecule has 9 heavy (non-hydrogen) atoms. The van der Waals surface area contributed by atoms with Crippen LogP contribution in [0, 0.1) is 12.3 Å². The summed E-state index contributed by atoms with van der Waals surface area (Å²) in [5.41, 5.74) is -0.0909. The van der Waals surface area contributed by atoms with Gasteiger partial charge in [0.15, 0.2) is 0 Å². The Morgan fingerprint density at radius 1 is 1.78 bits per heavy atom. The summed E-state index contributed by atoms with van der Waals surface area (Å²) in [6.45, 7) is 3.73. The monoisotopic (exact) mass is 126 g/mol. The van der Waals surface area contributed by atoms with Crippen LogP contribution in [0.2, 0.25) is 0 Å². The van der Waals surface area contributed by atoms with Gasteiger partial charge < -0.3 is 9.47 Å². The van der Waals surface area contributed by atoms with Crippen LogP contribution in [0.4, 0.5) is 0 Å². The van der Waals surface area contributed by atoms with Crippen LogP contribution in [0.1, 0.15) is 6.92 Å². The van der Waals surface area contributed by atoms with Crippen LogP contribution in [-0.2, 0) is 9.47 Å². The van der Waals surface area contributed by atoms with Crippen molar-refractivity contribution in [1.82, 2.24) is 0 Å². The van der Waals surface area contributed by atoms with Gasteiger partial charge in [-0.25, -0.2) is 0 Å². The third-order valence-corrected chi connectivity index (χ3v) is 1.32. The Morgan fingerprint density at radius 2 is 2.44 bits per heavy atom. The molecule has 0 aromatic heterocycles. The minimum atomic E-state index is -0.0909. The van der Waals surface area contributed by atoms with Crippen molar-refractivity contribution in [1.29, 1.82) is 0 Å². The molecule has 0 atom stereocenters. The second kappa shape index (κ2) is 2.38. The normalized spacial score (nSPS) is 22.2. The Labute approximate surface area is 55.1 Å². The molecule has 0 aromatic carbocycles. The third-order valence-electron chi connectivity index (χ3n) is 1.32. The second-order valence-corrected chi connectivity index (χ2v) is 2.44. The van der Waals surface area contributed by atoms with E-state index in [2.05, 4.69) is 5.92 Å². The van der Waals surface area contributed by atoms with Crippen molar-refractivity contribution in [3.05, 3.63) is 0 Å². The molecule has 50 valence electrons. The van der Waals surface area contributed by atoms with Crippen LogP contribution in [-0.4, -0.2) is 25.4 Å². The van der Waals surface area contributed by atoms with E-state index in [4.69, 9.17) is 15.9 Å². The lowest BCUT2D eigenvalue weighted by atomic mass is 10.1. The highest BCUT2D eigenvalue weighted by Gasteiger charge is 2.33. The molecule has 1 rings (SSSR count). The zero-order chi connectivity index (χ0) is 6.74. The van der Waals surface area contributed by atoms with Gasteiger partial charge in [0.25, 0.3) is 0 Å². The summed E-state index contributed by atoms with van der Waals surface area (Å²) in [5, 5.41) is 0. The molecule has 1 aliphatic heterocycles. The molecule has 0 amide bonds. The van der Waals surface area contributed by atoms with Crippen molar-refractivity contribution in [2.24, 2.45) is 0 Å². The average molecular weight is 126 g/mol. The van der Waals surface area contributed by atoms with Crippen molar-refractivity contribution in [3.8, 4) is 12.3 Å². The Morgan fingerprint density at radius 3 is 2.78 bits per heavy atom. The van der Waals surface area contributed by atoms with Gasteiger partial charge in [0.05, 0.1) is 13.2 Å². The van der Waals surface area contributed by atoms with Crippen LogP contribution in [0.25, 0.3) is 0 Å². The van der Waals surface area contributed by atoms with Gasteiger partial charge in [0.1, 0.15) is 12.2 Å². The highest BCUT2D eigenvalue weighted by atomic mass is 16.6. The van der Waals surface area contributed by atoms with Crippen LogP contribution >= 0.6 is 0 Å². The summed E-state index contributed by atoms with van der Waals surface area (Å²) in [7, 11) is 0. The smallest absolute Gasteiger partial charge is 0.113 e. The van der Waals surface area contributed by atoms with Crippen LogP contribution in [0.3, 0.4) is 0 Å². The maximum absolute atomic E-state index is 5.25. The van der Waals surface area contributed by atoms with Gasteiger partial charge in [-0.1, -0.05) is 5.92 Å². The Bertz CT molecular complexity index is 130. The lowest BCUT2D eigenvalue weighted by molar-refractivity contribution is -0.191. The number of rotatable bonds is 2. The minimum Gasteiger partial charge on any atom is -0.375 e. The van der Waals surface area contributed by atoms with Crippen molar-refractivity contribution in [2.75, 3.05) is 19.8 Å². The zero-order valence-corrected chi connectivity index (χ0v) is 5.52. The zero-order valence-electron chi connectivity index (χ0n) is 5.52. The molecule has 0 saturated carbocycles. The summed E-state index contributed by atoms with van der Waals surface area (Å²) >= 11 is 0. The average Bonchev–Trinajstić information content (AvgIpc) is 1.79. The molecule has 2 heteroatoms. The Balaban J connectivity index is 2.19. The molecular formula is C7H10O2. The quantitative estimate of drug-likeness (QED) is 0.499. The summed E-state index contributed by atoms with van der Waals surface area (Å²) in [6.07, 6.45) is 5.00. The summed E-state index contributed by atoms with van der Waals surface area (Å²) in [6, 6.07) is 0. The first kappa shape index (κ1) is 6.60. The molecule has 0 unspecified atom stereocenters. The minimum absolute atomic E-state index is 0.0909. The lowest BCUT2D eigenvalue weighted by Crippen LogP contribution is -2.49. The standard InChI is InChI=1S/C7H10O2/c1-3-4-9-7(2)5-8-6-7/h1H,4-6H2,2H3. The van der Waals surface area contributed by atoms with E-state index < -0.39 is 0 Å². The Hall–Kier alpha value is -0.520. The van der Waals surface area contributed by atoms with E-state index in [1.807, 2.05) is 6.92 Å². The van der Waals surface area contributed by atoms with E-state index in [9.17, 15) is 0 Å². The third kappa shape index (κ3) is 1.44. The van der Waals surface area contributed by atoms with Crippen molar-refractivity contribution < 1.29 is 9.47 Å². The van der Waals surface area contributed by atoms with Crippen LogP contribution in [0.15, 0.2) is 0 Å². The van der Waals surface area contributed by atoms with Crippen LogP contribution in [0.5, 0.6) is 0 Å². The van der Waals surface area contributed by atoms with Gasteiger partial charge in [-0.05, 0) is 6.92 Å². The van der Waals surface area contributed by atoms with Crippen molar-refractivity contribution >= 4 is 0 Å². The van der Waals surface area contributed by atoms with Crippen molar-refractivity contribution in [2.45, 2.75) is 12.5 Å². The molecule has 0 bridgehead atoms. The molecule has 2 nitrogen and oxygen atoms in total. The lowest BCUT2D eigenvalue weighted by Gasteiger charge is -2.36. The SMILES string of the molecule is C#CCOC1(C)COC1. The molecule has 1 heterocycles. The molecule has 0 radical (unpaired) electrons. The van der Waals surface area contributed by atoms with Crippen LogP contribution < -0.4 is 0 Å². The van der Waals surface area contributed by atoms with Gasteiger partial charge in [0, 0.05) is 0 Å². The van der Waals surface area contributed by atoms with E-state index in [1.54, 1.807) is 0 Å². The molecule has 0 spiro atoms. The van der Waals surface area contributed by atoms with Gasteiger partial charge in [0.2, 0.25) is 0 Å². The first-order valence-corrected chi connectivity index (χ1v) is 2.92. The fourth-order valence-electron chi connectivity index (χ4n) is 0.689. The molecule has 1 fully saturated rings. The maximum Gasteiger partial charge on any atom is 0.113 e. The largest absolute Gasteiger partial charge is 0.375 e. The molecule has 1 aliphatic rings. The van der Waals surface area contributed by atoms with Crippen molar-refractivity contribution in [3.63, 3.8) is 0 Å². The number of hydrogen-bond acceptors (Lipinski definition) is 2. The summed E-state index contributed by atoms with van der Waals surface area (Å²) in [4.78, 5) is 0. The molecule has 0 N–H and O–H groups in total. The van der Waals surface area contributed by atoms with Gasteiger partial charge in [-0.3, -0.25) is 0 Å². The predicted octanol–water partition coefficient (Wildman–Crippen LogP) is 0.425. The molecule has 0 aliphatic carbocycles. The topological polar surface area (TPSA) is 18.5 Å². The highest BCUT2D eigenvalue weighted by molar-refractivity contribution is 4.88. The van der Waals surface area contributed by atoms with Gasteiger partial charge >= 0.3 is 0 Å². The predicted molar refractivity (Wildman–Crippen MR) is 34.0 cm³/mol. The van der Waals surface area contributed by atoms with E-state index in [-0.39, 0.29) is 5.60 Å².